The van der Waals surface area contributed by atoms with Crippen molar-refractivity contribution in [2.45, 2.75) is 0 Å². The van der Waals surface area contributed by atoms with Gasteiger partial charge in [0, 0.05) is 21.5 Å². The molecule has 8 nitrogen and oxygen atoms in total. The summed E-state index contributed by atoms with van der Waals surface area (Å²) < 4.78 is 3.95. The molecular weight excluding hydrogens is 617 g/mol. The Morgan fingerprint density at radius 1 is 0.340 bits per heavy atom. The first kappa shape index (κ1) is 29.3. The first-order valence-electron chi connectivity index (χ1n) is 15.4. The third-order valence-electron chi connectivity index (χ3n) is 9.06. The molecule has 0 unspecified atom stereocenters. The molecule has 50 heavy (non-hydrogen) atoms. The summed E-state index contributed by atoms with van der Waals surface area (Å²) in [6.45, 7) is 0. The van der Waals surface area contributed by atoms with Gasteiger partial charge in [0.2, 0.25) is 0 Å². The van der Waals surface area contributed by atoms with E-state index in [2.05, 4.69) is 36.4 Å². The lowest BCUT2D eigenvalue weighted by atomic mass is 9.98. The van der Waals surface area contributed by atoms with Crippen molar-refractivity contribution in [3.63, 3.8) is 0 Å². The summed E-state index contributed by atoms with van der Waals surface area (Å²) in [5.41, 5.74) is 8.19. The Morgan fingerprint density at radius 3 is 1.04 bits per heavy atom. The summed E-state index contributed by atoms with van der Waals surface area (Å²) in [5, 5.41) is 62.8. The molecule has 0 saturated heterocycles. The van der Waals surface area contributed by atoms with Crippen LogP contribution in [0.4, 0.5) is 0 Å². The smallest absolute Gasteiger partial charge is 0.104 e. The van der Waals surface area contributed by atoms with Crippen molar-refractivity contribution in [3.8, 4) is 58.9 Å². The van der Waals surface area contributed by atoms with Crippen molar-refractivity contribution >= 4 is 43.6 Å². The van der Waals surface area contributed by atoms with Crippen LogP contribution in [-0.4, -0.2) is 9.13 Å². The zero-order valence-corrected chi connectivity index (χ0v) is 26.0. The lowest BCUT2D eigenvalue weighted by Crippen LogP contribution is -2.05. The van der Waals surface area contributed by atoms with Crippen LogP contribution < -0.4 is 0 Å². The lowest BCUT2D eigenvalue weighted by Gasteiger charge is -2.18. The molecule has 0 spiro atoms. The van der Waals surface area contributed by atoms with E-state index >= 15 is 0 Å². The zero-order chi connectivity index (χ0) is 34.5. The van der Waals surface area contributed by atoms with Gasteiger partial charge in [-0.3, -0.25) is 0 Å². The van der Waals surface area contributed by atoms with Crippen molar-refractivity contribution in [1.29, 1.82) is 31.6 Å². The average Bonchev–Trinajstić information content (AvgIpc) is 3.67. The molecule has 0 N–H and O–H groups in total. The summed E-state index contributed by atoms with van der Waals surface area (Å²) in [6, 6.07) is 46.0. The number of aromatic nitrogens is 2. The highest BCUT2D eigenvalue weighted by Gasteiger charge is 2.23. The Morgan fingerprint density at radius 2 is 0.700 bits per heavy atom. The maximum absolute atomic E-state index is 11.1. The van der Waals surface area contributed by atoms with Gasteiger partial charge in [0.1, 0.15) is 11.6 Å². The fourth-order valence-electron chi connectivity index (χ4n) is 6.86. The Kier molecular flexibility index (Phi) is 6.60. The first-order valence-corrected chi connectivity index (χ1v) is 15.4. The molecule has 226 valence electrons. The molecule has 0 aliphatic heterocycles. The minimum atomic E-state index is 0.338. The van der Waals surface area contributed by atoms with E-state index in [1.54, 1.807) is 60.7 Å². The van der Waals surface area contributed by atoms with Gasteiger partial charge in [-0.25, -0.2) is 0 Å². The van der Waals surface area contributed by atoms with E-state index in [4.69, 9.17) is 0 Å². The van der Waals surface area contributed by atoms with Crippen LogP contribution in [0.3, 0.4) is 0 Å². The minimum Gasteiger partial charge on any atom is -0.308 e. The minimum absolute atomic E-state index is 0.338. The molecule has 0 amide bonds. The Bertz CT molecular complexity index is 2750. The van der Waals surface area contributed by atoms with Crippen LogP contribution in [0.15, 0.2) is 109 Å². The summed E-state index contributed by atoms with van der Waals surface area (Å²) >= 11 is 0. The summed E-state index contributed by atoms with van der Waals surface area (Å²) in [4.78, 5) is 0. The van der Waals surface area contributed by atoms with Crippen LogP contribution in [0.2, 0.25) is 0 Å². The predicted molar refractivity (Wildman–Crippen MR) is 189 cm³/mol. The van der Waals surface area contributed by atoms with E-state index in [9.17, 15) is 31.6 Å². The number of rotatable bonds is 3. The van der Waals surface area contributed by atoms with Gasteiger partial charge in [0.05, 0.1) is 91.6 Å². The van der Waals surface area contributed by atoms with Gasteiger partial charge in [0.25, 0.3) is 0 Å². The molecule has 8 aromatic rings. The second-order valence-electron chi connectivity index (χ2n) is 11.7. The zero-order valence-electron chi connectivity index (χ0n) is 26.0. The molecular formula is C42H18N8. The Hall–Kier alpha value is -8.14. The molecule has 2 aromatic heterocycles. The second kappa shape index (κ2) is 11.3. The molecule has 0 radical (unpaired) electrons. The number of nitriles is 6. The number of hydrogen-bond donors (Lipinski definition) is 0. The van der Waals surface area contributed by atoms with Crippen LogP contribution in [-0.2, 0) is 0 Å². The summed E-state index contributed by atoms with van der Waals surface area (Å²) in [6.07, 6.45) is 0. The van der Waals surface area contributed by atoms with Gasteiger partial charge in [-0.15, -0.1) is 0 Å². The average molecular weight is 635 g/mol. The molecule has 0 aliphatic carbocycles. The number of fused-ring (bicyclic) bond motifs is 6. The molecule has 0 saturated carbocycles. The Labute approximate surface area is 285 Å². The normalized spacial score (nSPS) is 10.7. The maximum atomic E-state index is 11.1. The monoisotopic (exact) mass is 634 g/mol. The third kappa shape index (κ3) is 4.33. The van der Waals surface area contributed by atoms with Gasteiger partial charge < -0.3 is 9.13 Å². The van der Waals surface area contributed by atoms with E-state index in [1.165, 1.54) is 0 Å². The molecule has 8 rings (SSSR count). The van der Waals surface area contributed by atoms with E-state index in [-0.39, 0.29) is 0 Å². The third-order valence-corrected chi connectivity index (χ3v) is 9.06. The number of benzene rings is 6. The fraction of sp³-hybridized carbons (Fsp3) is 0. The Balaban J connectivity index is 1.57. The lowest BCUT2D eigenvalue weighted by molar-refractivity contribution is 1.12. The molecule has 0 bridgehead atoms. The highest BCUT2D eigenvalue weighted by Crippen LogP contribution is 2.41. The highest BCUT2D eigenvalue weighted by atomic mass is 15.0. The van der Waals surface area contributed by atoms with Crippen LogP contribution >= 0.6 is 0 Å². The van der Waals surface area contributed by atoms with E-state index < -0.39 is 0 Å². The van der Waals surface area contributed by atoms with Crippen molar-refractivity contribution in [2.24, 2.45) is 0 Å². The van der Waals surface area contributed by atoms with Crippen molar-refractivity contribution in [2.75, 3.05) is 0 Å². The van der Waals surface area contributed by atoms with Gasteiger partial charge >= 0.3 is 0 Å². The van der Waals surface area contributed by atoms with Crippen molar-refractivity contribution < 1.29 is 0 Å². The van der Waals surface area contributed by atoms with Crippen molar-refractivity contribution in [1.82, 2.24) is 9.13 Å². The highest BCUT2D eigenvalue weighted by molar-refractivity contribution is 6.12. The largest absolute Gasteiger partial charge is 0.308 e. The van der Waals surface area contributed by atoms with Gasteiger partial charge in [-0.2, -0.15) is 31.6 Å². The molecule has 0 fully saturated rings. The standard InChI is InChI=1S/C42H18N8/c43-19-25-2-1-3-30(12-25)31-17-41(49-37-8-4-26(20-44)13-32(37)33-14-27(21-45)5-9-38(33)49)36(24-48)42(18-31)50-39-10-6-28(22-46)15-34(39)35-16-29(23-47)7-11-40(35)50/h1-18H. The van der Waals surface area contributed by atoms with Crippen LogP contribution in [0.25, 0.3) is 66.1 Å². The maximum Gasteiger partial charge on any atom is 0.104 e. The summed E-state index contributed by atoms with van der Waals surface area (Å²) in [7, 11) is 0. The van der Waals surface area contributed by atoms with Gasteiger partial charge in [0.15, 0.2) is 0 Å². The van der Waals surface area contributed by atoms with E-state index in [1.807, 2.05) is 57.7 Å². The van der Waals surface area contributed by atoms with Crippen LogP contribution in [0, 0.1) is 68.0 Å². The molecule has 6 aromatic carbocycles. The van der Waals surface area contributed by atoms with Crippen LogP contribution in [0.1, 0.15) is 33.4 Å². The molecule has 2 heterocycles. The van der Waals surface area contributed by atoms with Gasteiger partial charge in [-0.1, -0.05) is 12.1 Å². The fourth-order valence-corrected chi connectivity index (χ4v) is 6.86. The second-order valence-corrected chi connectivity index (χ2v) is 11.7. The quantitative estimate of drug-likeness (QED) is 0.189. The van der Waals surface area contributed by atoms with Crippen LogP contribution in [0.5, 0.6) is 0 Å². The summed E-state index contributed by atoms with van der Waals surface area (Å²) in [5.74, 6) is 0. The molecule has 0 atom stereocenters. The molecule has 0 aliphatic rings. The SMILES string of the molecule is N#Cc1cccc(-c2cc(-n3c4ccc(C#N)cc4c4cc(C#N)ccc43)c(C#N)c(-n3c4ccc(C#N)cc4c4cc(C#N)ccc43)c2)c1. The topological polar surface area (TPSA) is 153 Å². The van der Waals surface area contributed by atoms with Gasteiger partial charge in [-0.05, 0) is 108 Å². The first-order chi connectivity index (χ1) is 24.5. The van der Waals surface area contributed by atoms with Crippen molar-refractivity contribution in [3.05, 3.63) is 143 Å². The molecule has 8 heteroatoms. The van der Waals surface area contributed by atoms with E-state index in [0.29, 0.717) is 44.8 Å². The number of nitrogens with zero attached hydrogens (tertiary/aromatic N) is 8. The predicted octanol–water partition coefficient (Wildman–Crippen LogP) is 8.78. The number of hydrogen-bond acceptors (Lipinski definition) is 6. The van der Waals surface area contributed by atoms with E-state index in [0.717, 1.165) is 54.7 Å².